The minimum absolute atomic E-state index is 0.0399. The third-order valence-electron chi connectivity index (χ3n) is 2.72. The van der Waals surface area contributed by atoms with Crippen molar-refractivity contribution in [3.63, 3.8) is 0 Å². The molecule has 112 valence electrons. The predicted molar refractivity (Wildman–Crippen MR) is 69.8 cm³/mol. The van der Waals surface area contributed by atoms with Crippen molar-refractivity contribution in [3.05, 3.63) is 58.6 Å². The van der Waals surface area contributed by atoms with Gasteiger partial charge in [-0.15, -0.1) is 0 Å². The molecule has 0 saturated carbocycles. The second kappa shape index (κ2) is 6.30. The van der Waals surface area contributed by atoms with Gasteiger partial charge in [0.05, 0.1) is 18.4 Å². The average molecular weight is 320 g/mol. The first-order chi connectivity index (χ1) is 9.86. The van der Waals surface area contributed by atoms with Crippen LogP contribution in [0.15, 0.2) is 36.5 Å². The summed E-state index contributed by atoms with van der Waals surface area (Å²) in [6.45, 7) is 0.114. The van der Waals surface area contributed by atoms with Gasteiger partial charge in [0, 0.05) is 12.5 Å². The van der Waals surface area contributed by atoms with Crippen LogP contribution >= 0.6 is 11.6 Å². The van der Waals surface area contributed by atoms with Crippen LogP contribution in [0.1, 0.15) is 11.1 Å². The number of aromatic nitrogens is 1. The SMILES string of the molecule is Fc1cnc(Cl)cc1OCCc1ccc(C(F)(F)F)cc1. The molecule has 0 fully saturated rings. The fourth-order valence-electron chi connectivity index (χ4n) is 1.65. The maximum Gasteiger partial charge on any atom is 0.416 e. The van der Waals surface area contributed by atoms with Crippen LogP contribution in [-0.2, 0) is 12.6 Å². The molecule has 1 aromatic heterocycles. The Bertz CT molecular complexity index is 613. The summed E-state index contributed by atoms with van der Waals surface area (Å²) in [5.41, 5.74) is -0.0531. The highest BCUT2D eigenvalue weighted by Gasteiger charge is 2.29. The standard InChI is InChI=1S/C14H10ClF4NO/c15-13-7-12(11(16)8-20-13)21-6-5-9-1-3-10(4-2-9)14(17,18)19/h1-4,7-8H,5-6H2. The predicted octanol–water partition coefficient (Wildman–Crippen LogP) is 4.51. The van der Waals surface area contributed by atoms with Gasteiger partial charge in [0.15, 0.2) is 11.6 Å². The number of ether oxygens (including phenoxy) is 1. The molecule has 7 heteroatoms. The van der Waals surface area contributed by atoms with Crippen molar-refractivity contribution in [2.75, 3.05) is 6.61 Å². The fraction of sp³-hybridized carbons (Fsp3) is 0.214. The molecule has 0 spiro atoms. The number of alkyl halides is 3. The first-order valence-electron chi connectivity index (χ1n) is 5.96. The Morgan fingerprint density at radius 2 is 1.81 bits per heavy atom. The van der Waals surface area contributed by atoms with E-state index >= 15 is 0 Å². The zero-order valence-electron chi connectivity index (χ0n) is 10.6. The molecule has 0 saturated heterocycles. The Labute approximate surface area is 123 Å². The van der Waals surface area contributed by atoms with E-state index in [0.29, 0.717) is 12.0 Å². The topological polar surface area (TPSA) is 22.1 Å². The Morgan fingerprint density at radius 1 is 1.14 bits per heavy atom. The number of hydrogen-bond acceptors (Lipinski definition) is 2. The van der Waals surface area contributed by atoms with Gasteiger partial charge in [0.1, 0.15) is 5.15 Å². The first-order valence-corrected chi connectivity index (χ1v) is 6.34. The highest BCUT2D eigenvalue weighted by molar-refractivity contribution is 6.29. The largest absolute Gasteiger partial charge is 0.490 e. The van der Waals surface area contributed by atoms with E-state index in [1.807, 2.05) is 0 Å². The molecular formula is C14H10ClF4NO. The quantitative estimate of drug-likeness (QED) is 0.611. The second-order valence-electron chi connectivity index (χ2n) is 4.23. The summed E-state index contributed by atoms with van der Waals surface area (Å²) in [5.74, 6) is -0.686. The molecule has 0 aliphatic carbocycles. The summed E-state index contributed by atoms with van der Waals surface area (Å²) in [4.78, 5) is 3.54. The lowest BCUT2D eigenvalue weighted by atomic mass is 10.1. The monoisotopic (exact) mass is 319 g/mol. The lowest BCUT2D eigenvalue weighted by Gasteiger charge is -2.09. The highest BCUT2D eigenvalue weighted by atomic mass is 35.5. The summed E-state index contributed by atoms with van der Waals surface area (Å²) in [5, 5.41) is 0.0981. The van der Waals surface area contributed by atoms with Crippen LogP contribution < -0.4 is 4.74 Å². The molecule has 1 aromatic carbocycles. The van der Waals surface area contributed by atoms with Crippen LogP contribution in [-0.4, -0.2) is 11.6 Å². The highest BCUT2D eigenvalue weighted by Crippen LogP contribution is 2.29. The molecule has 0 radical (unpaired) electrons. The van der Waals surface area contributed by atoms with E-state index < -0.39 is 17.6 Å². The van der Waals surface area contributed by atoms with Crippen LogP contribution in [0, 0.1) is 5.82 Å². The number of rotatable bonds is 4. The Balaban J connectivity index is 1.93. The van der Waals surface area contributed by atoms with Crippen molar-refractivity contribution in [2.45, 2.75) is 12.6 Å². The van der Waals surface area contributed by atoms with Gasteiger partial charge in [-0.1, -0.05) is 23.7 Å². The van der Waals surface area contributed by atoms with E-state index in [2.05, 4.69) is 4.98 Å². The van der Waals surface area contributed by atoms with E-state index in [9.17, 15) is 17.6 Å². The smallest absolute Gasteiger partial charge is 0.416 e. The normalized spacial score (nSPS) is 11.5. The van der Waals surface area contributed by atoms with Crippen LogP contribution in [0.3, 0.4) is 0 Å². The first kappa shape index (κ1) is 15.6. The Kier molecular flexibility index (Phi) is 4.67. The van der Waals surface area contributed by atoms with Gasteiger partial charge in [-0.05, 0) is 17.7 Å². The molecule has 0 amide bonds. The summed E-state index contributed by atoms with van der Waals surface area (Å²) in [7, 11) is 0. The molecule has 0 unspecified atom stereocenters. The second-order valence-corrected chi connectivity index (χ2v) is 4.62. The maximum atomic E-state index is 13.3. The number of benzene rings is 1. The zero-order chi connectivity index (χ0) is 15.5. The number of hydrogen-bond donors (Lipinski definition) is 0. The van der Waals surface area contributed by atoms with Crippen LogP contribution in [0.5, 0.6) is 5.75 Å². The summed E-state index contributed by atoms with van der Waals surface area (Å²) in [6, 6.07) is 5.96. The Hall–Kier alpha value is -1.82. The molecule has 21 heavy (non-hydrogen) atoms. The molecule has 0 bridgehead atoms. The minimum atomic E-state index is -4.36. The van der Waals surface area contributed by atoms with Gasteiger partial charge in [-0.3, -0.25) is 0 Å². The average Bonchev–Trinajstić information content (AvgIpc) is 2.42. The molecule has 0 N–H and O–H groups in total. The van der Waals surface area contributed by atoms with E-state index in [0.717, 1.165) is 18.3 Å². The fourth-order valence-corrected chi connectivity index (χ4v) is 1.79. The van der Waals surface area contributed by atoms with E-state index in [1.165, 1.54) is 18.2 Å². The van der Waals surface area contributed by atoms with E-state index in [4.69, 9.17) is 16.3 Å². The molecular weight excluding hydrogens is 310 g/mol. The molecule has 2 nitrogen and oxygen atoms in total. The third kappa shape index (κ3) is 4.32. The lowest BCUT2D eigenvalue weighted by Crippen LogP contribution is -2.06. The Morgan fingerprint density at radius 3 is 2.43 bits per heavy atom. The number of nitrogens with zero attached hydrogens (tertiary/aromatic N) is 1. The third-order valence-corrected chi connectivity index (χ3v) is 2.92. The maximum absolute atomic E-state index is 13.3. The van der Waals surface area contributed by atoms with Crippen molar-refractivity contribution in [3.8, 4) is 5.75 Å². The summed E-state index contributed by atoms with van der Waals surface area (Å²) >= 11 is 5.61. The molecule has 1 heterocycles. The van der Waals surface area contributed by atoms with Crippen molar-refractivity contribution in [2.24, 2.45) is 0 Å². The van der Waals surface area contributed by atoms with Crippen LogP contribution in [0.25, 0.3) is 0 Å². The minimum Gasteiger partial charge on any atom is -0.490 e. The molecule has 0 aliphatic rings. The van der Waals surface area contributed by atoms with E-state index in [-0.39, 0.29) is 17.5 Å². The van der Waals surface area contributed by atoms with Crippen molar-refractivity contribution >= 4 is 11.6 Å². The van der Waals surface area contributed by atoms with Crippen LogP contribution in [0.4, 0.5) is 17.6 Å². The number of halogens is 5. The van der Waals surface area contributed by atoms with Gasteiger partial charge >= 0.3 is 6.18 Å². The zero-order valence-corrected chi connectivity index (χ0v) is 11.4. The van der Waals surface area contributed by atoms with Gasteiger partial charge in [0.2, 0.25) is 0 Å². The number of pyridine rings is 1. The van der Waals surface area contributed by atoms with Crippen molar-refractivity contribution in [1.82, 2.24) is 4.98 Å². The molecule has 0 atom stereocenters. The van der Waals surface area contributed by atoms with E-state index in [1.54, 1.807) is 0 Å². The lowest BCUT2D eigenvalue weighted by molar-refractivity contribution is -0.137. The molecule has 2 aromatic rings. The van der Waals surface area contributed by atoms with Crippen LogP contribution in [0.2, 0.25) is 5.15 Å². The van der Waals surface area contributed by atoms with Crippen molar-refractivity contribution < 1.29 is 22.3 Å². The van der Waals surface area contributed by atoms with Gasteiger partial charge < -0.3 is 4.74 Å². The molecule has 0 aliphatic heterocycles. The van der Waals surface area contributed by atoms with Gasteiger partial charge in [-0.2, -0.15) is 13.2 Å². The summed E-state index contributed by atoms with van der Waals surface area (Å²) in [6.07, 6.45) is -3.07. The summed E-state index contributed by atoms with van der Waals surface area (Å²) < 4.78 is 55.7. The van der Waals surface area contributed by atoms with Gasteiger partial charge in [0.25, 0.3) is 0 Å². The van der Waals surface area contributed by atoms with Gasteiger partial charge in [-0.25, -0.2) is 9.37 Å². The van der Waals surface area contributed by atoms with Crippen molar-refractivity contribution in [1.29, 1.82) is 0 Å². The molecule has 2 rings (SSSR count).